The van der Waals surface area contributed by atoms with Crippen LogP contribution in [0.25, 0.3) is 0 Å². The average Bonchev–Trinajstić information content (AvgIpc) is 3.24. The van der Waals surface area contributed by atoms with Gasteiger partial charge in [0.25, 0.3) is 0 Å². The number of carbonyl (C=O) groups excluding carboxylic acids is 1. The van der Waals surface area contributed by atoms with E-state index >= 15 is 0 Å². The van der Waals surface area contributed by atoms with Crippen LogP contribution in [0, 0.1) is 5.92 Å². The fourth-order valence-electron chi connectivity index (χ4n) is 2.75. The number of benzene rings is 1. The number of rotatable bonds is 7. The number of aliphatic hydroxyl groups excluding tert-OH is 1. The first-order valence-corrected chi connectivity index (χ1v) is 7.77. The van der Waals surface area contributed by atoms with Crippen molar-refractivity contribution in [3.8, 4) is 0 Å². The molecule has 0 bridgehead atoms. The molecule has 1 aromatic carbocycles. The van der Waals surface area contributed by atoms with E-state index in [1.165, 1.54) is 5.56 Å². The quantitative estimate of drug-likeness (QED) is 0.722. The molecule has 116 valence electrons. The molecule has 1 aliphatic carbocycles. The summed E-state index contributed by atoms with van der Waals surface area (Å²) in [6, 6.07) is 10.3. The minimum absolute atomic E-state index is 0.116. The molecule has 4 heteroatoms. The van der Waals surface area contributed by atoms with Gasteiger partial charge in [-0.25, -0.2) is 4.79 Å². The van der Waals surface area contributed by atoms with Gasteiger partial charge >= 0.3 is 6.03 Å². The van der Waals surface area contributed by atoms with Crippen LogP contribution in [-0.4, -0.2) is 30.3 Å². The Morgan fingerprint density at radius 1 is 1.24 bits per heavy atom. The van der Waals surface area contributed by atoms with Crippen LogP contribution in [0.5, 0.6) is 0 Å². The topological polar surface area (TPSA) is 61.4 Å². The first-order chi connectivity index (χ1) is 10.0. The molecule has 4 nitrogen and oxygen atoms in total. The molecule has 0 aromatic heterocycles. The molecule has 1 aromatic rings. The Kier molecular flexibility index (Phi) is 5.23. The number of carbonyl (C=O) groups is 1. The van der Waals surface area contributed by atoms with Crippen molar-refractivity contribution in [2.24, 2.45) is 5.92 Å². The van der Waals surface area contributed by atoms with Crippen molar-refractivity contribution >= 4 is 6.03 Å². The molecular formula is C17H26N2O2. The maximum absolute atomic E-state index is 11.9. The molecule has 0 aliphatic heterocycles. The van der Waals surface area contributed by atoms with Gasteiger partial charge in [-0.05, 0) is 37.7 Å². The first kappa shape index (κ1) is 15.8. The predicted molar refractivity (Wildman–Crippen MR) is 84.2 cm³/mol. The van der Waals surface area contributed by atoms with Crippen molar-refractivity contribution in [3.05, 3.63) is 35.9 Å². The third-order valence-electron chi connectivity index (χ3n) is 4.18. The highest BCUT2D eigenvalue weighted by Crippen LogP contribution is 2.47. The molecule has 0 radical (unpaired) electrons. The van der Waals surface area contributed by atoms with E-state index in [2.05, 4.69) is 22.8 Å². The highest BCUT2D eigenvalue weighted by atomic mass is 16.3. The maximum atomic E-state index is 11.9. The Balaban J connectivity index is 1.72. The number of hydrogen-bond donors (Lipinski definition) is 3. The lowest BCUT2D eigenvalue weighted by Crippen LogP contribution is -2.41. The van der Waals surface area contributed by atoms with Crippen molar-refractivity contribution in [1.29, 1.82) is 0 Å². The van der Waals surface area contributed by atoms with Crippen LogP contribution in [-0.2, 0) is 5.41 Å². The molecule has 1 aliphatic rings. The Morgan fingerprint density at radius 3 is 2.48 bits per heavy atom. The van der Waals surface area contributed by atoms with Gasteiger partial charge in [-0.2, -0.15) is 0 Å². The number of hydrogen-bond acceptors (Lipinski definition) is 2. The molecule has 2 rings (SSSR count). The van der Waals surface area contributed by atoms with Gasteiger partial charge in [-0.1, -0.05) is 37.3 Å². The monoisotopic (exact) mass is 290 g/mol. The zero-order chi connectivity index (χ0) is 15.3. The van der Waals surface area contributed by atoms with Crippen molar-refractivity contribution in [2.45, 2.75) is 44.6 Å². The molecule has 3 N–H and O–H groups in total. The summed E-state index contributed by atoms with van der Waals surface area (Å²) in [5.74, 6) is 0.278. The number of urea groups is 1. The van der Waals surface area contributed by atoms with E-state index in [4.69, 9.17) is 0 Å². The summed E-state index contributed by atoms with van der Waals surface area (Å²) in [7, 11) is 0. The normalized spacial score (nSPS) is 18.6. The molecule has 2 atom stereocenters. The van der Waals surface area contributed by atoms with E-state index in [9.17, 15) is 9.90 Å². The van der Waals surface area contributed by atoms with Crippen LogP contribution in [0.3, 0.4) is 0 Å². The minimum Gasteiger partial charge on any atom is -0.393 e. The van der Waals surface area contributed by atoms with Crippen LogP contribution in [0.4, 0.5) is 4.79 Å². The molecule has 0 saturated heterocycles. The summed E-state index contributed by atoms with van der Waals surface area (Å²) in [6.45, 7) is 5.08. The van der Waals surface area contributed by atoms with Crippen LogP contribution < -0.4 is 10.6 Å². The van der Waals surface area contributed by atoms with Crippen LogP contribution in [0.1, 0.15) is 38.7 Å². The molecule has 21 heavy (non-hydrogen) atoms. The summed E-state index contributed by atoms with van der Waals surface area (Å²) in [4.78, 5) is 11.9. The second-order valence-corrected chi connectivity index (χ2v) is 6.40. The van der Waals surface area contributed by atoms with Crippen molar-refractivity contribution < 1.29 is 9.90 Å². The summed E-state index contributed by atoms with van der Waals surface area (Å²) >= 11 is 0. The molecule has 2 amide bonds. The zero-order valence-electron chi connectivity index (χ0n) is 12.9. The van der Waals surface area contributed by atoms with Gasteiger partial charge in [0.1, 0.15) is 0 Å². The van der Waals surface area contributed by atoms with Crippen LogP contribution in [0.15, 0.2) is 30.3 Å². The van der Waals surface area contributed by atoms with Crippen LogP contribution in [0.2, 0.25) is 0 Å². The lowest BCUT2D eigenvalue weighted by molar-refractivity contribution is 0.163. The van der Waals surface area contributed by atoms with Gasteiger partial charge in [0.15, 0.2) is 0 Å². The third kappa shape index (κ3) is 4.74. The van der Waals surface area contributed by atoms with Crippen molar-refractivity contribution in [2.75, 3.05) is 13.1 Å². The average molecular weight is 290 g/mol. The van der Waals surface area contributed by atoms with E-state index in [0.29, 0.717) is 19.5 Å². The van der Waals surface area contributed by atoms with Crippen molar-refractivity contribution in [1.82, 2.24) is 10.6 Å². The van der Waals surface area contributed by atoms with E-state index in [1.54, 1.807) is 6.92 Å². The smallest absolute Gasteiger partial charge is 0.314 e. The summed E-state index contributed by atoms with van der Waals surface area (Å²) < 4.78 is 0. The molecule has 0 heterocycles. The largest absolute Gasteiger partial charge is 0.393 e. The summed E-state index contributed by atoms with van der Waals surface area (Å²) in [5.41, 5.74) is 1.46. The molecule has 1 saturated carbocycles. The SMILES string of the molecule is CC(O)CC(C)CNC(=O)NCC1(c2ccccc2)CC1. The fourth-order valence-corrected chi connectivity index (χ4v) is 2.75. The van der Waals surface area contributed by atoms with E-state index in [0.717, 1.165) is 12.8 Å². The summed E-state index contributed by atoms with van der Waals surface area (Å²) in [5, 5.41) is 15.2. The fraction of sp³-hybridized carbons (Fsp3) is 0.588. The second-order valence-electron chi connectivity index (χ2n) is 6.40. The summed E-state index contributed by atoms with van der Waals surface area (Å²) in [6.07, 6.45) is 2.65. The Morgan fingerprint density at radius 2 is 1.90 bits per heavy atom. The maximum Gasteiger partial charge on any atom is 0.314 e. The number of aliphatic hydroxyl groups is 1. The Labute approximate surface area is 126 Å². The van der Waals surface area contributed by atoms with Gasteiger partial charge < -0.3 is 15.7 Å². The highest BCUT2D eigenvalue weighted by molar-refractivity contribution is 5.74. The highest BCUT2D eigenvalue weighted by Gasteiger charge is 2.44. The molecular weight excluding hydrogens is 264 g/mol. The third-order valence-corrected chi connectivity index (χ3v) is 4.18. The van der Waals surface area contributed by atoms with Gasteiger partial charge in [0.2, 0.25) is 0 Å². The standard InChI is InChI=1S/C17H26N2O2/c1-13(10-14(2)20)11-18-16(21)19-12-17(8-9-17)15-6-4-3-5-7-15/h3-7,13-14,20H,8-12H2,1-2H3,(H2,18,19,21). The first-order valence-electron chi connectivity index (χ1n) is 7.77. The lowest BCUT2D eigenvalue weighted by Gasteiger charge is -2.18. The minimum atomic E-state index is -0.322. The number of amides is 2. The Bertz CT molecular complexity index is 455. The van der Waals surface area contributed by atoms with E-state index < -0.39 is 0 Å². The van der Waals surface area contributed by atoms with Gasteiger partial charge in [-0.15, -0.1) is 0 Å². The molecule has 1 fully saturated rings. The van der Waals surface area contributed by atoms with Crippen LogP contribution >= 0.6 is 0 Å². The molecule has 2 unspecified atom stereocenters. The van der Waals surface area contributed by atoms with Gasteiger partial charge in [0.05, 0.1) is 6.10 Å². The molecule has 0 spiro atoms. The van der Waals surface area contributed by atoms with Crippen molar-refractivity contribution in [3.63, 3.8) is 0 Å². The second kappa shape index (κ2) is 6.94. The zero-order valence-corrected chi connectivity index (χ0v) is 12.9. The van der Waals surface area contributed by atoms with Gasteiger partial charge in [-0.3, -0.25) is 0 Å². The lowest BCUT2D eigenvalue weighted by atomic mass is 9.96. The van der Waals surface area contributed by atoms with Gasteiger partial charge in [0, 0.05) is 18.5 Å². The van der Waals surface area contributed by atoms with E-state index in [1.807, 2.05) is 25.1 Å². The number of nitrogens with one attached hydrogen (secondary N) is 2. The predicted octanol–water partition coefficient (Wildman–Crippen LogP) is 2.42. The Hall–Kier alpha value is -1.55. The van der Waals surface area contributed by atoms with E-state index in [-0.39, 0.29) is 23.5 Å².